The number of aromatic nitrogens is 7. The Morgan fingerprint density at radius 2 is 2.09 bits per heavy atom. The molecule has 0 amide bonds. The van der Waals surface area contributed by atoms with Crippen molar-refractivity contribution >= 4 is 11.6 Å². The third-order valence-corrected chi connectivity index (χ3v) is 6.47. The Hall–Kier alpha value is -3.41. The number of hydrogen-bond acceptors (Lipinski definition) is 8. The molecule has 12 heteroatoms. The van der Waals surface area contributed by atoms with Gasteiger partial charge in [0.05, 0.1) is 17.9 Å². The van der Waals surface area contributed by atoms with Crippen molar-refractivity contribution in [2.24, 2.45) is 0 Å². The summed E-state index contributed by atoms with van der Waals surface area (Å²) >= 11 is 0. The quantitative estimate of drug-likeness (QED) is 0.488. The average molecular weight is 455 g/mol. The van der Waals surface area contributed by atoms with Crippen LogP contribution in [0.15, 0.2) is 23.1 Å². The van der Waals surface area contributed by atoms with Crippen molar-refractivity contribution in [2.75, 3.05) is 18.8 Å². The van der Waals surface area contributed by atoms with Crippen molar-refractivity contribution in [1.82, 2.24) is 39.2 Å². The molecule has 2 N–H and O–H groups in total. The summed E-state index contributed by atoms with van der Waals surface area (Å²) in [4.78, 5) is 15.5. The van der Waals surface area contributed by atoms with Gasteiger partial charge < -0.3 is 10.2 Å². The highest BCUT2D eigenvalue weighted by Crippen LogP contribution is 2.45. The Kier molecular flexibility index (Phi) is 4.47. The van der Waals surface area contributed by atoms with E-state index in [-0.39, 0.29) is 24.8 Å². The van der Waals surface area contributed by atoms with Crippen molar-refractivity contribution in [2.45, 2.75) is 51.1 Å². The smallest absolute Gasteiger partial charge is 0.252 e. The van der Waals surface area contributed by atoms with E-state index in [4.69, 9.17) is 10.2 Å². The number of hydrogen-bond donors (Lipinski definition) is 1. The number of fused-ring (bicyclic) bond motifs is 2. The van der Waals surface area contributed by atoms with Crippen molar-refractivity contribution in [3.63, 3.8) is 0 Å². The monoisotopic (exact) mass is 455 g/mol. The van der Waals surface area contributed by atoms with Crippen molar-refractivity contribution in [1.29, 1.82) is 0 Å². The zero-order chi connectivity index (χ0) is 22.7. The van der Waals surface area contributed by atoms with Crippen LogP contribution in [0.3, 0.4) is 0 Å². The summed E-state index contributed by atoms with van der Waals surface area (Å²) in [7, 11) is 0. The van der Waals surface area contributed by atoms with Gasteiger partial charge in [-0.15, -0.1) is 5.10 Å². The van der Waals surface area contributed by atoms with Crippen LogP contribution in [-0.2, 0) is 19.4 Å². The maximum atomic E-state index is 13.2. The van der Waals surface area contributed by atoms with E-state index in [1.807, 2.05) is 13.1 Å². The van der Waals surface area contributed by atoms with Crippen LogP contribution in [0.25, 0.3) is 17.2 Å². The number of oxazole rings is 1. The minimum atomic E-state index is -2.54. The molecule has 1 aliphatic heterocycles. The van der Waals surface area contributed by atoms with Gasteiger partial charge in [-0.05, 0) is 6.92 Å². The van der Waals surface area contributed by atoms with Crippen LogP contribution in [0.1, 0.15) is 41.5 Å². The van der Waals surface area contributed by atoms with E-state index in [9.17, 15) is 8.78 Å². The molecule has 33 heavy (non-hydrogen) atoms. The molecule has 1 fully saturated rings. The van der Waals surface area contributed by atoms with Crippen LogP contribution in [0, 0.1) is 6.92 Å². The van der Waals surface area contributed by atoms with Crippen LogP contribution < -0.4 is 5.73 Å². The van der Waals surface area contributed by atoms with Gasteiger partial charge in [-0.1, -0.05) is 0 Å². The molecular formula is C21H23F2N9O. The molecule has 10 nitrogen and oxygen atoms in total. The predicted octanol–water partition coefficient (Wildman–Crippen LogP) is 2.44. The summed E-state index contributed by atoms with van der Waals surface area (Å²) in [6.07, 6.45) is 6.19. The summed E-state index contributed by atoms with van der Waals surface area (Å²) in [5, 5.41) is 9.10. The van der Waals surface area contributed by atoms with Gasteiger partial charge in [-0.3, -0.25) is 9.58 Å². The second-order valence-electron chi connectivity index (χ2n) is 8.82. The molecule has 0 unspecified atom stereocenters. The zero-order valence-corrected chi connectivity index (χ0v) is 18.1. The molecule has 6 rings (SSSR count). The van der Waals surface area contributed by atoms with E-state index in [1.165, 1.54) is 6.26 Å². The largest absolute Gasteiger partial charge is 0.443 e. The first-order valence-electron chi connectivity index (χ1n) is 10.9. The molecule has 5 heterocycles. The molecule has 1 aliphatic carbocycles. The van der Waals surface area contributed by atoms with E-state index in [1.54, 1.807) is 15.4 Å². The second kappa shape index (κ2) is 7.30. The van der Waals surface area contributed by atoms with Crippen LogP contribution in [0.2, 0.25) is 0 Å². The van der Waals surface area contributed by atoms with Crippen LogP contribution in [0.4, 0.5) is 14.7 Å². The number of alkyl halides is 2. The summed E-state index contributed by atoms with van der Waals surface area (Å²) in [5.41, 5.74) is 10.2. The van der Waals surface area contributed by atoms with Crippen molar-refractivity contribution < 1.29 is 13.2 Å². The number of nitrogens with two attached hydrogens (primary N) is 1. The molecule has 4 aromatic rings. The lowest BCUT2D eigenvalue weighted by molar-refractivity contribution is -0.107. The standard InChI is InChI=1S/C21H23F2N9O/c1-12-17(19-25-4-7-33-19)27-20(24)32-18(12)26-16(29-32)3-6-30-5-2-15-13(10-30)11-31(28-15)14-8-21(22,23)9-14/h4,7,11,14H,2-3,5-6,8-10H2,1H3,(H2,24,27). The van der Waals surface area contributed by atoms with Gasteiger partial charge in [-0.2, -0.15) is 9.61 Å². The van der Waals surface area contributed by atoms with Gasteiger partial charge in [0.25, 0.3) is 5.92 Å². The molecule has 0 aromatic carbocycles. The molecule has 1 saturated carbocycles. The first-order chi connectivity index (χ1) is 15.9. The minimum absolute atomic E-state index is 0.119. The highest BCUT2D eigenvalue weighted by molar-refractivity contribution is 5.65. The Bertz CT molecular complexity index is 1320. The van der Waals surface area contributed by atoms with Crippen LogP contribution in [-0.4, -0.2) is 58.3 Å². The fraction of sp³-hybridized carbons (Fsp3) is 0.476. The predicted molar refractivity (Wildman–Crippen MR) is 114 cm³/mol. The third kappa shape index (κ3) is 3.54. The topological polar surface area (TPSA) is 116 Å². The first kappa shape index (κ1) is 20.2. The van der Waals surface area contributed by atoms with Gasteiger partial charge >= 0.3 is 0 Å². The van der Waals surface area contributed by atoms with Gasteiger partial charge in [0.2, 0.25) is 11.8 Å². The number of rotatable bonds is 5. The van der Waals surface area contributed by atoms with Gasteiger partial charge in [0, 0.05) is 62.6 Å². The zero-order valence-electron chi connectivity index (χ0n) is 18.1. The highest BCUT2D eigenvalue weighted by Gasteiger charge is 2.47. The number of aryl methyl sites for hydroxylation is 1. The molecule has 0 saturated heterocycles. The van der Waals surface area contributed by atoms with E-state index in [0.717, 1.165) is 42.9 Å². The van der Waals surface area contributed by atoms with Crippen molar-refractivity contribution in [3.8, 4) is 11.6 Å². The number of anilines is 1. The normalized spacial score (nSPS) is 18.5. The minimum Gasteiger partial charge on any atom is -0.443 e. The lowest BCUT2D eigenvalue weighted by Gasteiger charge is -2.34. The van der Waals surface area contributed by atoms with Gasteiger partial charge in [0.15, 0.2) is 11.5 Å². The van der Waals surface area contributed by atoms with E-state index in [2.05, 4.69) is 30.0 Å². The van der Waals surface area contributed by atoms with E-state index in [0.29, 0.717) is 29.5 Å². The summed E-state index contributed by atoms with van der Waals surface area (Å²) in [6, 6.07) is -0.190. The SMILES string of the molecule is Cc1c(-c2ncco2)nc(N)n2nc(CCN3CCc4nn(C5CC(F)(F)C5)cc4C3)nc12. The molecule has 2 aliphatic rings. The Labute approximate surface area is 187 Å². The number of nitrogens with zero attached hydrogens (tertiary/aromatic N) is 8. The van der Waals surface area contributed by atoms with E-state index < -0.39 is 5.92 Å². The summed E-state index contributed by atoms with van der Waals surface area (Å²) < 4.78 is 35.1. The average Bonchev–Trinajstić information content (AvgIpc) is 3.51. The molecule has 4 aromatic heterocycles. The van der Waals surface area contributed by atoms with Gasteiger partial charge in [-0.25, -0.2) is 23.7 Å². The van der Waals surface area contributed by atoms with Gasteiger partial charge in [0.1, 0.15) is 12.0 Å². The fourth-order valence-corrected chi connectivity index (χ4v) is 4.61. The molecule has 0 radical (unpaired) electrons. The molecule has 0 spiro atoms. The number of halogens is 2. The summed E-state index contributed by atoms with van der Waals surface area (Å²) in [5.74, 6) is -1.26. The Morgan fingerprint density at radius 3 is 2.85 bits per heavy atom. The van der Waals surface area contributed by atoms with Crippen LogP contribution >= 0.6 is 0 Å². The first-order valence-corrected chi connectivity index (χ1v) is 10.9. The fourth-order valence-electron chi connectivity index (χ4n) is 4.61. The molecular weight excluding hydrogens is 432 g/mol. The lowest BCUT2D eigenvalue weighted by atomic mass is 9.88. The molecule has 0 atom stereocenters. The molecule has 0 bridgehead atoms. The Balaban J connectivity index is 1.15. The van der Waals surface area contributed by atoms with Crippen molar-refractivity contribution in [3.05, 3.63) is 41.3 Å². The van der Waals surface area contributed by atoms with E-state index >= 15 is 0 Å². The Morgan fingerprint density at radius 1 is 1.24 bits per heavy atom. The molecule has 172 valence electrons. The maximum Gasteiger partial charge on any atom is 0.252 e. The summed E-state index contributed by atoms with van der Waals surface area (Å²) in [6.45, 7) is 4.25. The third-order valence-electron chi connectivity index (χ3n) is 6.47. The number of nitrogen functional groups attached to an aromatic ring is 1. The lowest BCUT2D eigenvalue weighted by Crippen LogP contribution is -2.37. The second-order valence-corrected chi connectivity index (χ2v) is 8.82. The van der Waals surface area contributed by atoms with Crippen LogP contribution in [0.5, 0.6) is 0 Å². The highest BCUT2D eigenvalue weighted by atomic mass is 19.3. The maximum absolute atomic E-state index is 13.2.